The highest BCUT2D eigenvalue weighted by atomic mass is 32.2. The molecule has 5 rings (SSSR count). The van der Waals surface area contributed by atoms with Crippen molar-refractivity contribution in [2.45, 2.75) is 16.9 Å². The number of thioether (sulfide) groups is 1. The molecule has 0 N–H and O–H groups in total. The summed E-state index contributed by atoms with van der Waals surface area (Å²) in [4.78, 5) is 4.60. The van der Waals surface area contributed by atoms with Gasteiger partial charge in [0.2, 0.25) is 10.0 Å². The molecule has 3 aromatic carbocycles. The molecule has 0 amide bonds. The Morgan fingerprint density at radius 1 is 0.969 bits per heavy atom. The summed E-state index contributed by atoms with van der Waals surface area (Å²) in [5.41, 5.74) is 2.50. The van der Waals surface area contributed by atoms with Crippen LogP contribution in [0.25, 0.3) is 10.9 Å². The zero-order valence-corrected chi connectivity index (χ0v) is 18.9. The number of aromatic nitrogens is 1. The second-order valence-electron chi connectivity index (χ2n) is 7.52. The number of pyridine rings is 1. The SMILES string of the molecule is O=S(=O)(c1cccc2cccnc12)N1CCSC1c1cccc(OCc2ccccc2)c1. The van der Waals surface area contributed by atoms with Gasteiger partial charge in [-0.3, -0.25) is 4.98 Å². The number of benzene rings is 3. The van der Waals surface area contributed by atoms with Gasteiger partial charge in [0.15, 0.2) is 0 Å². The predicted octanol–water partition coefficient (Wildman–Crippen LogP) is 5.25. The summed E-state index contributed by atoms with van der Waals surface area (Å²) in [5.74, 6) is 1.46. The minimum Gasteiger partial charge on any atom is -0.489 e. The molecule has 1 unspecified atom stereocenters. The lowest BCUT2D eigenvalue weighted by molar-refractivity contribution is 0.305. The van der Waals surface area contributed by atoms with Gasteiger partial charge in [0.25, 0.3) is 0 Å². The third-order valence-electron chi connectivity index (χ3n) is 5.42. The lowest BCUT2D eigenvalue weighted by Crippen LogP contribution is -2.30. The number of nitrogens with zero attached hydrogens (tertiary/aromatic N) is 2. The molecule has 4 aromatic rings. The van der Waals surface area contributed by atoms with Crippen molar-refractivity contribution in [2.24, 2.45) is 0 Å². The number of sulfonamides is 1. The molecule has 32 heavy (non-hydrogen) atoms. The molecular weight excluding hydrogens is 440 g/mol. The Balaban J connectivity index is 1.43. The fourth-order valence-corrected chi connectivity index (χ4v) is 7.27. The molecule has 7 heteroatoms. The van der Waals surface area contributed by atoms with E-state index in [9.17, 15) is 8.42 Å². The summed E-state index contributed by atoms with van der Waals surface area (Å²) < 4.78 is 34.9. The van der Waals surface area contributed by atoms with Gasteiger partial charge < -0.3 is 4.74 Å². The largest absolute Gasteiger partial charge is 0.489 e. The Bertz CT molecular complexity index is 1340. The zero-order valence-electron chi connectivity index (χ0n) is 17.3. The molecule has 2 heterocycles. The van der Waals surface area contributed by atoms with Crippen molar-refractivity contribution < 1.29 is 13.2 Å². The minimum absolute atomic E-state index is 0.250. The number of hydrogen-bond acceptors (Lipinski definition) is 5. The standard InChI is InChI=1S/C25H22N2O3S2/c28-32(29,23-13-5-9-20-11-6-14-26-24(20)23)27-15-16-31-25(27)21-10-4-12-22(17-21)30-18-19-7-2-1-3-8-19/h1-14,17,25H,15-16,18H2. The Hall–Kier alpha value is -2.87. The first-order chi connectivity index (χ1) is 15.6. The molecule has 1 aliphatic rings. The van der Waals surface area contributed by atoms with E-state index in [0.29, 0.717) is 18.7 Å². The van der Waals surface area contributed by atoms with Crippen molar-refractivity contribution in [1.29, 1.82) is 0 Å². The maximum absolute atomic E-state index is 13.7. The summed E-state index contributed by atoms with van der Waals surface area (Å²) in [6.45, 7) is 0.918. The first kappa shape index (κ1) is 21.0. The highest BCUT2D eigenvalue weighted by Gasteiger charge is 2.38. The lowest BCUT2D eigenvalue weighted by Gasteiger charge is -2.24. The number of hydrogen-bond donors (Lipinski definition) is 0. The average Bonchev–Trinajstić information content (AvgIpc) is 3.34. The topological polar surface area (TPSA) is 59.5 Å². The number of rotatable bonds is 6. The Labute approximate surface area is 192 Å². The van der Waals surface area contributed by atoms with Crippen molar-refractivity contribution in [2.75, 3.05) is 12.3 Å². The summed E-state index contributed by atoms with van der Waals surface area (Å²) in [5, 5.41) is 0.507. The molecule has 1 fully saturated rings. The normalized spacial score (nSPS) is 16.9. The summed E-state index contributed by atoms with van der Waals surface area (Å²) in [6.07, 6.45) is 1.63. The van der Waals surface area contributed by atoms with Crippen molar-refractivity contribution in [3.05, 3.63) is 102 Å². The van der Waals surface area contributed by atoms with Gasteiger partial charge in [-0.25, -0.2) is 8.42 Å². The van der Waals surface area contributed by atoms with E-state index in [1.807, 2.05) is 72.8 Å². The van der Waals surface area contributed by atoms with E-state index in [1.54, 1.807) is 34.4 Å². The molecule has 0 spiro atoms. The minimum atomic E-state index is -3.72. The van der Waals surface area contributed by atoms with Crippen LogP contribution in [0.5, 0.6) is 5.75 Å². The Kier molecular flexibility index (Phi) is 5.87. The van der Waals surface area contributed by atoms with E-state index in [2.05, 4.69) is 4.98 Å². The van der Waals surface area contributed by atoms with E-state index in [1.165, 1.54) is 0 Å². The van der Waals surface area contributed by atoms with Gasteiger partial charge in [0.1, 0.15) is 17.3 Å². The number of ether oxygens (including phenoxy) is 1. The maximum atomic E-state index is 13.7. The van der Waals surface area contributed by atoms with Gasteiger partial charge >= 0.3 is 0 Å². The van der Waals surface area contributed by atoms with Crippen LogP contribution in [0.3, 0.4) is 0 Å². The van der Waals surface area contributed by atoms with Crippen LogP contribution in [0.1, 0.15) is 16.5 Å². The van der Waals surface area contributed by atoms with Crippen molar-refractivity contribution in [3.63, 3.8) is 0 Å². The first-order valence-electron chi connectivity index (χ1n) is 10.4. The fourth-order valence-electron chi connectivity index (χ4n) is 3.87. The average molecular weight is 463 g/mol. The third kappa shape index (κ3) is 4.11. The van der Waals surface area contributed by atoms with Gasteiger partial charge in [0, 0.05) is 23.9 Å². The van der Waals surface area contributed by atoms with E-state index >= 15 is 0 Å². The summed E-state index contributed by atoms with van der Waals surface area (Å²) in [7, 11) is -3.72. The van der Waals surface area contributed by atoms with E-state index in [0.717, 1.165) is 28.0 Å². The van der Waals surface area contributed by atoms with Crippen molar-refractivity contribution in [3.8, 4) is 5.75 Å². The fraction of sp³-hybridized carbons (Fsp3) is 0.160. The smallest absolute Gasteiger partial charge is 0.246 e. The summed E-state index contributed by atoms with van der Waals surface area (Å²) >= 11 is 1.62. The summed E-state index contributed by atoms with van der Waals surface area (Å²) in [6, 6.07) is 26.7. The van der Waals surface area contributed by atoms with Crippen molar-refractivity contribution >= 4 is 32.7 Å². The predicted molar refractivity (Wildman–Crippen MR) is 128 cm³/mol. The number of para-hydroxylation sites is 1. The molecule has 1 atom stereocenters. The molecule has 0 bridgehead atoms. The lowest BCUT2D eigenvalue weighted by atomic mass is 10.2. The second-order valence-corrected chi connectivity index (χ2v) is 10.6. The van der Waals surface area contributed by atoms with Crippen LogP contribution in [0.2, 0.25) is 0 Å². The van der Waals surface area contributed by atoms with Gasteiger partial charge in [-0.1, -0.05) is 60.7 Å². The van der Waals surface area contributed by atoms with Crippen LogP contribution in [0.4, 0.5) is 0 Å². The highest BCUT2D eigenvalue weighted by molar-refractivity contribution is 8.01. The van der Waals surface area contributed by atoms with Crippen LogP contribution < -0.4 is 4.74 Å². The van der Waals surface area contributed by atoms with Crippen LogP contribution >= 0.6 is 11.8 Å². The van der Waals surface area contributed by atoms with E-state index in [-0.39, 0.29) is 10.3 Å². The van der Waals surface area contributed by atoms with Gasteiger partial charge in [-0.05, 0) is 35.4 Å². The van der Waals surface area contributed by atoms with Gasteiger partial charge in [-0.2, -0.15) is 4.31 Å². The first-order valence-corrected chi connectivity index (χ1v) is 12.9. The molecule has 1 aromatic heterocycles. The molecule has 162 valence electrons. The molecule has 0 aliphatic carbocycles. The van der Waals surface area contributed by atoms with Crippen LogP contribution in [-0.2, 0) is 16.6 Å². The van der Waals surface area contributed by atoms with Gasteiger partial charge in [-0.15, -0.1) is 11.8 Å². The maximum Gasteiger partial charge on any atom is 0.246 e. The Morgan fingerprint density at radius 3 is 2.66 bits per heavy atom. The molecule has 0 radical (unpaired) electrons. The molecular formula is C25H22N2O3S2. The van der Waals surface area contributed by atoms with Crippen LogP contribution in [-0.4, -0.2) is 30.0 Å². The quantitative estimate of drug-likeness (QED) is 0.392. The third-order valence-corrected chi connectivity index (χ3v) is 8.71. The van der Waals surface area contributed by atoms with Gasteiger partial charge in [0.05, 0.1) is 10.9 Å². The second kappa shape index (κ2) is 8.94. The number of fused-ring (bicyclic) bond motifs is 1. The molecule has 5 nitrogen and oxygen atoms in total. The van der Waals surface area contributed by atoms with E-state index < -0.39 is 10.0 Å². The zero-order chi connectivity index (χ0) is 22.0. The van der Waals surface area contributed by atoms with E-state index in [4.69, 9.17) is 4.74 Å². The molecule has 1 saturated heterocycles. The van der Waals surface area contributed by atoms with Crippen LogP contribution in [0, 0.1) is 0 Å². The monoisotopic (exact) mass is 462 g/mol. The molecule has 1 aliphatic heterocycles. The van der Waals surface area contributed by atoms with Crippen molar-refractivity contribution in [1.82, 2.24) is 9.29 Å². The highest BCUT2D eigenvalue weighted by Crippen LogP contribution is 2.42. The molecule has 0 saturated carbocycles. The van der Waals surface area contributed by atoms with Crippen LogP contribution in [0.15, 0.2) is 96.0 Å². The Morgan fingerprint density at radius 2 is 1.78 bits per heavy atom.